The van der Waals surface area contributed by atoms with Gasteiger partial charge in [-0.15, -0.1) is 0 Å². The van der Waals surface area contributed by atoms with E-state index in [4.69, 9.17) is 9.15 Å². The molecule has 0 saturated carbocycles. The van der Waals surface area contributed by atoms with E-state index in [-0.39, 0.29) is 51.5 Å². The van der Waals surface area contributed by atoms with Crippen LogP contribution in [0.15, 0.2) is 89.7 Å². The first-order valence-electron chi connectivity index (χ1n) is 17.1. The molecule has 2 aliphatic rings. The number of hydrogen-bond acceptors (Lipinski definition) is 10. The number of rotatable bonds is 13. The first-order valence-corrected chi connectivity index (χ1v) is 17.1. The lowest BCUT2D eigenvalue weighted by atomic mass is 9.90. The average Bonchev–Trinajstić information content (AvgIpc) is 3.61. The highest BCUT2D eigenvalue weighted by Crippen LogP contribution is 2.32. The topological polar surface area (TPSA) is 153 Å². The van der Waals surface area contributed by atoms with Gasteiger partial charge in [-0.1, -0.05) is 48.5 Å². The number of β-amino-alcohol motifs (C(OH)–C–C–N with tert-alkyl or cyclic N) is 1. The lowest BCUT2D eigenvalue weighted by Gasteiger charge is -2.41. The second-order valence-electron chi connectivity index (χ2n) is 13.1. The number of aliphatic hydroxyl groups is 2. The number of hydrogen-bond donors (Lipinski definition) is 4. The summed E-state index contributed by atoms with van der Waals surface area (Å²) in [5.41, 5.74) is 2.23. The Morgan fingerprint density at radius 3 is 2.58 bits per heavy atom. The number of oxazole rings is 1. The number of pyridine rings is 1. The van der Waals surface area contributed by atoms with Crippen LogP contribution in [0.3, 0.4) is 0 Å². The Morgan fingerprint density at radius 2 is 1.81 bits per heavy atom. The summed E-state index contributed by atoms with van der Waals surface area (Å²) in [5, 5.41) is 27.2. The highest BCUT2D eigenvalue weighted by molar-refractivity contribution is 5.82. The van der Waals surface area contributed by atoms with Crippen molar-refractivity contribution in [2.75, 3.05) is 39.3 Å². The number of aromatic nitrogens is 2. The lowest BCUT2D eigenvalue weighted by molar-refractivity contribution is -0.143. The van der Waals surface area contributed by atoms with E-state index in [1.54, 1.807) is 53.8 Å². The molecule has 2 aromatic heterocycles. The molecule has 4 aromatic rings. The first kappa shape index (κ1) is 36.9. The number of amides is 2. The molecule has 2 amide bonds. The predicted octanol–water partition coefficient (Wildman–Crippen LogP) is 3.12. The van der Waals surface area contributed by atoms with E-state index in [1.165, 1.54) is 0 Å². The van der Waals surface area contributed by atoms with E-state index in [1.807, 2.05) is 46.6 Å². The molecule has 5 atom stereocenters. The number of fused-ring (bicyclic) bond motifs is 1. The summed E-state index contributed by atoms with van der Waals surface area (Å²) in [5.74, 6) is -0.517. The highest BCUT2D eigenvalue weighted by atomic mass is 19.4. The number of carbonyl (C=O) groups is 2. The third-order valence-electron chi connectivity index (χ3n) is 9.24. The van der Waals surface area contributed by atoms with Gasteiger partial charge in [-0.2, -0.15) is 13.2 Å². The summed E-state index contributed by atoms with van der Waals surface area (Å²) in [6.45, 7) is -0.639. The van der Waals surface area contributed by atoms with Crippen molar-refractivity contribution < 1.29 is 42.1 Å². The van der Waals surface area contributed by atoms with Crippen LogP contribution in [-0.2, 0) is 22.6 Å². The molecule has 15 heteroatoms. The molecule has 0 bridgehead atoms. The zero-order valence-corrected chi connectivity index (χ0v) is 28.3. The van der Waals surface area contributed by atoms with E-state index in [0.717, 1.165) is 11.1 Å². The van der Waals surface area contributed by atoms with E-state index < -0.39 is 48.8 Å². The molecule has 4 heterocycles. The van der Waals surface area contributed by atoms with E-state index in [0.29, 0.717) is 29.5 Å². The maximum atomic E-state index is 13.9. The minimum atomic E-state index is -4.61. The number of nitrogens with one attached hydrogen (secondary N) is 2. The molecule has 4 N–H and O–H groups in total. The summed E-state index contributed by atoms with van der Waals surface area (Å²) < 4.78 is 50.8. The number of para-hydroxylation sites is 1. The van der Waals surface area contributed by atoms with Gasteiger partial charge in [0.15, 0.2) is 5.76 Å². The Kier molecular flexibility index (Phi) is 11.8. The van der Waals surface area contributed by atoms with Crippen molar-refractivity contribution in [1.82, 2.24) is 30.4 Å². The van der Waals surface area contributed by atoms with Crippen LogP contribution >= 0.6 is 0 Å². The van der Waals surface area contributed by atoms with Crippen LogP contribution in [0.4, 0.5) is 13.2 Å². The number of ether oxygens (including phenoxy) is 1. The number of aliphatic hydroxyl groups excluding tert-OH is 2. The van der Waals surface area contributed by atoms with Crippen molar-refractivity contribution in [3.05, 3.63) is 102 Å². The highest BCUT2D eigenvalue weighted by Gasteiger charge is 2.38. The first-order chi connectivity index (χ1) is 25.0. The Hall–Kier alpha value is -4.83. The van der Waals surface area contributed by atoms with E-state index in [9.17, 15) is 33.0 Å². The third-order valence-corrected chi connectivity index (χ3v) is 9.24. The number of piperazine rings is 1. The normalized spacial score (nSPS) is 20.7. The molecule has 52 heavy (non-hydrogen) atoms. The third kappa shape index (κ3) is 9.73. The number of benzene rings is 2. The molecule has 1 fully saturated rings. The molecular formula is C37H41F3N6O6. The second-order valence-corrected chi connectivity index (χ2v) is 13.1. The van der Waals surface area contributed by atoms with Gasteiger partial charge in [-0.25, -0.2) is 4.98 Å². The molecule has 276 valence electrons. The molecule has 0 spiro atoms. The quantitative estimate of drug-likeness (QED) is 0.162. The lowest BCUT2D eigenvalue weighted by Crippen LogP contribution is -2.60. The van der Waals surface area contributed by atoms with Crippen molar-refractivity contribution in [2.24, 2.45) is 5.92 Å². The summed E-state index contributed by atoms with van der Waals surface area (Å²) in [7, 11) is 0. The number of nitrogens with zero attached hydrogens (tertiary/aromatic N) is 4. The molecule has 12 nitrogen and oxygen atoms in total. The molecule has 0 unspecified atom stereocenters. The molecule has 0 radical (unpaired) electrons. The van der Waals surface area contributed by atoms with Gasteiger partial charge < -0.3 is 30.0 Å². The van der Waals surface area contributed by atoms with Gasteiger partial charge in [0, 0.05) is 55.6 Å². The summed E-state index contributed by atoms with van der Waals surface area (Å²) in [6, 6.07) is 18.2. The number of halogens is 3. The van der Waals surface area contributed by atoms with Crippen LogP contribution in [-0.4, -0.2) is 106 Å². The monoisotopic (exact) mass is 722 g/mol. The van der Waals surface area contributed by atoms with E-state index in [2.05, 4.69) is 15.3 Å². The van der Waals surface area contributed by atoms with Gasteiger partial charge in [-0.05, 0) is 36.6 Å². The van der Waals surface area contributed by atoms with Gasteiger partial charge >= 0.3 is 6.18 Å². The van der Waals surface area contributed by atoms with Crippen LogP contribution in [0.5, 0.6) is 5.75 Å². The van der Waals surface area contributed by atoms with Crippen LogP contribution < -0.4 is 15.4 Å². The average molecular weight is 723 g/mol. The standard InChI is InChI=1S/C37H41F3N6O6/c38-37(39,40)23-43-36(50)29-20-45(21-33-42-18-32(52-33)25-9-6-12-41-17-25)13-14-46(29)19-27(47)16-26(15-24-7-2-1-3-8-24)35(49)44-34-28-10-4-5-11-31(28)51-22-30(34)48/h1-12,17-18,26-27,29-30,34,47-48H,13-16,19-23H2,(H,43,50)(H,44,49)/t26-,27+,29+,30-,34+/m1/s1. The summed E-state index contributed by atoms with van der Waals surface area (Å²) >= 11 is 0. The van der Waals surface area contributed by atoms with Crippen LogP contribution in [0.25, 0.3) is 11.3 Å². The molecule has 6 rings (SSSR count). The fourth-order valence-corrected chi connectivity index (χ4v) is 6.66. The zero-order valence-electron chi connectivity index (χ0n) is 28.3. The fourth-order valence-electron chi connectivity index (χ4n) is 6.66. The largest absolute Gasteiger partial charge is 0.490 e. The Morgan fingerprint density at radius 1 is 1.02 bits per heavy atom. The maximum Gasteiger partial charge on any atom is 0.405 e. The summed E-state index contributed by atoms with van der Waals surface area (Å²) in [4.78, 5) is 39.1. The van der Waals surface area contributed by atoms with Crippen molar-refractivity contribution in [3.8, 4) is 17.1 Å². The molecule has 2 aromatic carbocycles. The van der Waals surface area contributed by atoms with Crippen molar-refractivity contribution >= 4 is 11.8 Å². The van der Waals surface area contributed by atoms with Gasteiger partial charge in [0.2, 0.25) is 17.7 Å². The Labute approximate surface area is 298 Å². The molecular weight excluding hydrogens is 681 g/mol. The van der Waals surface area contributed by atoms with Crippen molar-refractivity contribution in [3.63, 3.8) is 0 Å². The van der Waals surface area contributed by atoms with Crippen molar-refractivity contribution in [1.29, 1.82) is 0 Å². The Bertz CT molecular complexity index is 1780. The molecule has 2 aliphatic heterocycles. The predicted molar refractivity (Wildman–Crippen MR) is 183 cm³/mol. The second kappa shape index (κ2) is 16.7. The minimum absolute atomic E-state index is 0.000636. The minimum Gasteiger partial charge on any atom is -0.490 e. The molecule has 0 aliphatic carbocycles. The summed E-state index contributed by atoms with van der Waals surface area (Å²) in [6.07, 6.45) is -1.61. The number of carbonyl (C=O) groups excluding carboxylic acids is 2. The Balaban J connectivity index is 1.15. The maximum absolute atomic E-state index is 13.9. The molecule has 1 saturated heterocycles. The SMILES string of the molecule is O=C(N[C@H]1c2ccccc2OC[C@H]1O)[C@H](Cc1ccccc1)C[C@H](O)CN1CCN(Cc2ncc(-c3cccnc3)o2)C[C@H]1C(=O)NCC(F)(F)F. The number of alkyl halides is 3. The zero-order chi connectivity index (χ0) is 36.7. The van der Waals surface area contributed by atoms with Crippen LogP contribution in [0.1, 0.15) is 29.5 Å². The van der Waals surface area contributed by atoms with Gasteiger partial charge in [-0.3, -0.25) is 24.4 Å². The smallest absolute Gasteiger partial charge is 0.405 e. The van der Waals surface area contributed by atoms with Crippen LogP contribution in [0, 0.1) is 5.92 Å². The van der Waals surface area contributed by atoms with E-state index >= 15 is 0 Å². The van der Waals surface area contributed by atoms with Gasteiger partial charge in [0.25, 0.3) is 0 Å². The van der Waals surface area contributed by atoms with Crippen molar-refractivity contribution in [2.45, 2.75) is 49.9 Å². The van der Waals surface area contributed by atoms with Gasteiger partial charge in [0.1, 0.15) is 31.0 Å². The fraction of sp³-hybridized carbons (Fsp3) is 0.405. The van der Waals surface area contributed by atoms with Crippen LogP contribution in [0.2, 0.25) is 0 Å². The van der Waals surface area contributed by atoms with Gasteiger partial charge in [0.05, 0.1) is 24.9 Å².